The van der Waals surface area contributed by atoms with Gasteiger partial charge in [0, 0.05) is 9.79 Å². The summed E-state index contributed by atoms with van der Waals surface area (Å²) >= 11 is 1.72. The normalized spacial score (nSPS) is 23.9. The van der Waals surface area contributed by atoms with Crippen LogP contribution in [-0.4, -0.2) is 10.2 Å². The van der Waals surface area contributed by atoms with Gasteiger partial charge in [0.15, 0.2) is 0 Å². The van der Waals surface area contributed by atoms with E-state index in [2.05, 4.69) is 74.6 Å². The highest BCUT2D eigenvalue weighted by atomic mass is 32.2. The average molecular weight is 459 g/mol. The van der Waals surface area contributed by atoms with E-state index in [1.807, 2.05) is 26.0 Å². The van der Waals surface area contributed by atoms with Gasteiger partial charge in [-0.3, -0.25) is 0 Å². The van der Waals surface area contributed by atoms with Gasteiger partial charge in [-0.15, -0.1) is 0 Å². The Balaban J connectivity index is 1.62. The highest BCUT2D eigenvalue weighted by molar-refractivity contribution is 7.99. The summed E-state index contributed by atoms with van der Waals surface area (Å²) in [6.07, 6.45) is 20.8. The molecule has 0 spiro atoms. The van der Waals surface area contributed by atoms with Gasteiger partial charge < -0.3 is 10.2 Å². The molecule has 2 aliphatic carbocycles. The molecule has 2 aromatic rings. The number of aromatic hydroxyl groups is 2. The van der Waals surface area contributed by atoms with E-state index in [0.29, 0.717) is 11.5 Å². The van der Waals surface area contributed by atoms with Crippen LogP contribution < -0.4 is 0 Å². The van der Waals surface area contributed by atoms with Gasteiger partial charge in [-0.05, 0) is 96.9 Å². The van der Waals surface area contributed by atoms with Crippen LogP contribution in [0.2, 0.25) is 0 Å². The van der Waals surface area contributed by atoms with Crippen LogP contribution in [0.1, 0.15) is 48.9 Å². The Morgan fingerprint density at radius 2 is 1.12 bits per heavy atom. The van der Waals surface area contributed by atoms with Gasteiger partial charge in [-0.1, -0.05) is 74.2 Å². The first-order valence-electron chi connectivity index (χ1n) is 11.7. The lowest BCUT2D eigenvalue weighted by molar-refractivity contribution is 0.406. The molecule has 172 valence electrons. The van der Waals surface area contributed by atoms with Crippen molar-refractivity contribution in [3.63, 3.8) is 0 Å². The fourth-order valence-corrected chi connectivity index (χ4v) is 5.81. The predicted octanol–water partition coefficient (Wildman–Crippen LogP) is 8.00. The summed E-state index contributed by atoms with van der Waals surface area (Å²) in [5.74, 6) is 0.739. The van der Waals surface area contributed by atoms with Crippen LogP contribution in [0.15, 0.2) is 82.7 Å². The number of hydrogen-bond acceptors (Lipinski definition) is 3. The standard InChI is InChI=1S/C30H34O2S/c1-21-15-25(31)23(19-29(3)11-7-5-8-12-29)17-27(21)33-28-18-24(26(32)16-22(28)2)20-30(4)13-9-6-10-14-30/h5-11,13,15-18,31-32H,12,14,19-20H2,1-4H3. The van der Waals surface area contributed by atoms with Gasteiger partial charge in [-0.25, -0.2) is 0 Å². The maximum Gasteiger partial charge on any atom is 0.119 e. The quantitative estimate of drug-likeness (QED) is 0.461. The molecule has 0 saturated heterocycles. The lowest BCUT2D eigenvalue weighted by Gasteiger charge is -2.28. The van der Waals surface area contributed by atoms with E-state index in [9.17, 15) is 10.2 Å². The number of phenolic OH excluding ortho intramolecular Hbond substituents is 2. The monoisotopic (exact) mass is 458 g/mol. The fourth-order valence-electron chi connectivity index (χ4n) is 4.73. The summed E-state index contributed by atoms with van der Waals surface area (Å²) in [4.78, 5) is 2.29. The summed E-state index contributed by atoms with van der Waals surface area (Å²) in [5.41, 5.74) is 4.12. The molecule has 0 fully saturated rings. The minimum atomic E-state index is 0.0163. The van der Waals surface area contributed by atoms with Crippen LogP contribution in [0.3, 0.4) is 0 Å². The van der Waals surface area contributed by atoms with Crippen molar-refractivity contribution in [1.82, 2.24) is 0 Å². The fraction of sp³-hybridized carbons (Fsp3) is 0.333. The van der Waals surface area contributed by atoms with Gasteiger partial charge in [0.1, 0.15) is 11.5 Å². The van der Waals surface area contributed by atoms with Crippen molar-refractivity contribution in [3.8, 4) is 11.5 Å². The van der Waals surface area contributed by atoms with Crippen molar-refractivity contribution >= 4 is 11.8 Å². The molecular weight excluding hydrogens is 424 g/mol. The minimum absolute atomic E-state index is 0.0163. The van der Waals surface area contributed by atoms with Gasteiger partial charge in [0.05, 0.1) is 0 Å². The first-order valence-corrected chi connectivity index (χ1v) is 12.5. The zero-order chi connectivity index (χ0) is 23.6. The Bertz CT molecular complexity index is 1080. The van der Waals surface area contributed by atoms with Crippen LogP contribution in [0.5, 0.6) is 11.5 Å². The van der Waals surface area contributed by atoms with E-state index in [0.717, 1.165) is 57.7 Å². The molecule has 2 N–H and O–H groups in total. The molecule has 2 nitrogen and oxygen atoms in total. The summed E-state index contributed by atoms with van der Waals surface area (Å²) in [6.45, 7) is 8.58. The Kier molecular flexibility index (Phi) is 6.63. The van der Waals surface area contributed by atoms with Crippen molar-refractivity contribution in [2.75, 3.05) is 0 Å². The SMILES string of the molecule is Cc1cc(O)c(CC2(C)C=CC=CC2)cc1Sc1cc(CC2(C)C=CC=CC2)c(O)cc1C. The highest BCUT2D eigenvalue weighted by Crippen LogP contribution is 2.42. The van der Waals surface area contributed by atoms with E-state index in [1.54, 1.807) is 11.8 Å². The molecule has 2 atom stereocenters. The Labute approximate surface area is 202 Å². The van der Waals surface area contributed by atoms with Crippen molar-refractivity contribution in [2.45, 2.75) is 63.2 Å². The molecule has 0 saturated carbocycles. The molecule has 0 bridgehead atoms. The van der Waals surface area contributed by atoms with E-state index in [-0.39, 0.29) is 10.8 Å². The summed E-state index contributed by atoms with van der Waals surface area (Å²) < 4.78 is 0. The first kappa shape index (κ1) is 23.5. The van der Waals surface area contributed by atoms with Crippen molar-refractivity contribution < 1.29 is 10.2 Å². The van der Waals surface area contributed by atoms with Crippen LogP contribution >= 0.6 is 11.8 Å². The van der Waals surface area contributed by atoms with Crippen LogP contribution in [0, 0.1) is 24.7 Å². The Hall–Kier alpha value is -2.65. The molecule has 3 heteroatoms. The smallest absolute Gasteiger partial charge is 0.119 e. The van der Waals surface area contributed by atoms with E-state index >= 15 is 0 Å². The molecule has 0 radical (unpaired) electrons. The molecule has 0 heterocycles. The molecular formula is C30H34O2S. The summed E-state index contributed by atoms with van der Waals surface area (Å²) in [6, 6.07) is 8.07. The molecule has 2 aromatic carbocycles. The molecule has 2 unspecified atom stereocenters. The van der Waals surface area contributed by atoms with Gasteiger partial charge in [0.2, 0.25) is 0 Å². The van der Waals surface area contributed by atoms with Crippen LogP contribution in [0.4, 0.5) is 0 Å². The maximum absolute atomic E-state index is 10.7. The molecule has 0 aliphatic heterocycles. The lowest BCUT2D eigenvalue weighted by atomic mass is 9.78. The van der Waals surface area contributed by atoms with Gasteiger partial charge in [-0.2, -0.15) is 0 Å². The van der Waals surface area contributed by atoms with E-state index in [1.165, 1.54) is 0 Å². The zero-order valence-corrected chi connectivity index (χ0v) is 20.9. The summed E-state index contributed by atoms with van der Waals surface area (Å²) in [5, 5.41) is 21.4. The second kappa shape index (κ2) is 9.30. The van der Waals surface area contributed by atoms with Crippen LogP contribution in [-0.2, 0) is 12.8 Å². The third-order valence-corrected chi connectivity index (χ3v) is 8.14. The number of aryl methyl sites for hydroxylation is 2. The third-order valence-electron chi connectivity index (χ3n) is 6.82. The topological polar surface area (TPSA) is 40.5 Å². The average Bonchev–Trinajstić information content (AvgIpc) is 2.75. The van der Waals surface area contributed by atoms with Crippen molar-refractivity contribution in [1.29, 1.82) is 0 Å². The molecule has 4 rings (SSSR count). The third kappa shape index (κ3) is 5.47. The van der Waals surface area contributed by atoms with Crippen molar-refractivity contribution in [3.05, 3.63) is 95.1 Å². The number of phenols is 2. The largest absolute Gasteiger partial charge is 0.508 e. The highest BCUT2D eigenvalue weighted by Gasteiger charge is 2.25. The second-order valence-corrected chi connectivity index (χ2v) is 11.3. The van der Waals surface area contributed by atoms with Crippen LogP contribution in [0.25, 0.3) is 0 Å². The maximum atomic E-state index is 10.7. The number of rotatable bonds is 6. The second-order valence-electron chi connectivity index (χ2n) is 10.2. The molecule has 0 amide bonds. The zero-order valence-electron chi connectivity index (χ0n) is 20.1. The van der Waals surface area contributed by atoms with E-state index in [4.69, 9.17) is 0 Å². The first-order chi connectivity index (χ1) is 15.7. The number of hydrogen-bond donors (Lipinski definition) is 2. The van der Waals surface area contributed by atoms with Gasteiger partial charge in [0.25, 0.3) is 0 Å². The summed E-state index contributed by atoms with van der Waals surface area (Å²) in [7, 11) is 0. The molecule has 0 aromatic heterocycles. The molecule has 2 aliphatic rings. The lowest BCUT2D eigenvalue weighted by Crippen LogP contribution is -2.17. The predicted molar refractivity (Wildman–Crippen MR) is 139 cm³/mol. The number of allylic oxidation sites excluding steroid dienone is 8. The Morgan fingerprint density at radius 1 is 0.697 bits per heavy atom. The number of benzene rings is 2. The Morgan fingerprint density at radius 3 is 1.48 bits per heavy atom. The van der Waals surface area contributed by atoms with E-state index < -0.39 is 0 Å². The minimum Gasteiger partial charge on any atom is -0.508 e. The molecule has 33 heavy (non-hydrogen) atoms. The van der Waals surface area contributed by atoms with Crippen molar-refractivity contribution in [2.24, 2.45) is 10.8 Å². The van der Waals surface area contributed by atoms with Gasteiger partial charge >= 0.3 is 0 Å².